The molecule has 1 saturated heterocycles. The fraction of sp³-hybridized carbons (Fsp3) is 0.364. The number of hydrogen-bond donors (Lipinski definition) is 0. The number of esters is 1. The maximum absolute atomic E-state index is 11.4. The van der Waals surface area contributed by atoms with Gasteiger partial charge in [-0.05, 0) is 5.56 Å². The van der Waals surface area contributed by atoms with Crippen LogP contribution in [0.2, 0.25) is 0 Å². The molecule has 0 aromatic heterocycles. The van der Waals surface area contributed by atoms with E-state index < -0.39 is 10.3 Å². The molecule has 0 spiro atoms. The van der Waals surface area contributed by atoms with Crippen molar-refractivity contribution < 1.29 is 9.53 Å². The first-order valence-electron chi connectivity index (χ1n) is 4.67. The van der Waals surface area contributed by atoms with Crippen molar-refractivity contribution in [2.75, 3.05) is 0 Å². The van der Waals surface area contributed by atoms with Crippen LogP contribution in [-0.4, -0.2) is 10.3 Å². The Hall–Kier alpha value is -0.730. The number of benzene rings is 1. The van der Waals surface area contributed by atoms with Crippen LogP contribution in [0.3, 0.4) is 0 Å². The summed E-state index contributed by atoms with van der Waals surface area (Å²) in [6.45, 7) is 1.81. The second-order valence-electron chi connectivity index (χ2n) is 3.65. The summed E-state index contributed by atoms with van der Waals surface area (Å²) in [5.41, 5.74) is 0.918. The van der Waals surface area contributed by atoms with Crippen molar-refractivity contribution >= 4 is 29.2 Å². The van der Waals surface area contributed by atoms with Crippen LogP contribution in [0.4, 0.5) is 0 Å². The van der Waals surface area contributed by atoms with Gasteiger partial charge in [0.15, 0.2) is 0 Å². The number of carbonyl (C=O) groups excluding carboxylic acids is 1. The smallest absolute Gasteiger partial charge is 0.343 e. The fourth-order valence-electron chi connectivity index (χ4n) is 1.67. The number of ether oxygens (including phenoxy) is 1. The normalized spacial score (nSPS) is 28.9. The zero-order valence-corrected chi connectivity index (χ0v) is 9.63. The van der Waals surface area contributed by atoms with Crippen LogP contribution in [0.25, 0.3) is 0 Å². The Kier molecular flexibility index (Phi) is 2.65. The van der Waals surface area contributed by atoms with Crippen LogP contribution in [0, 0.1) is 5.92 Å². The monoisotopic (exact) mass is 244 g/mol. The van der Waals surface area contributed by atoms with Crippen molar-refractivity contribution in [3.63, 3.8) is 0 Å². The highest BCUT2D eigenvalue weighted by molar-refractivity contribution is 6.58. The quantitative estimate of drug-likeness (QED) is 0.561. The van der Waals surface area contributed by atoms with Crippen LogP contribution in [0.1, 0.15) is 18.6 Å². The molecule has 0 amide bonds. The highest BCUT2D eigenvalue weighted by atomic mass is 35.5. The van der Waals surface area contributed by atoms with Gasteiger partial charge in [0.05, 0.1) is 0 Å². The second kappa shape index (κ2) is 3.69. The van der Waals surface area contributed by atoms with Crippen molar-refractivity contribution in [3.8, 4) is 0 Å². The van der Waals surface area contributed by atoms with E-state index in [0.717, 1.165) is 5.56 Å². The molecule has 1 aromatic carbocycles. The molecule has 0 radical (unpaired) electrons. The Morgan fingerprint density at radius 1 is 1.27 bits per heavy atom. The highest BCUT2D eigenvalue weighted by Gasteiger charge is 2.53. The van der Waals surface area contributed by atoms with Gasteiger partial charge in [-0.25, -0.2) is 4.79 Å². The summed E-state index contributed by atoms with van der Waals surface area (Å²) < 4.78 is 3.74. The molecular weight excluding hydrogens is 235 g/mol. The molecule has 1 fully saturated rings. The molecule has 1 heterocycles. The molecule has 1 aliphatic rings. The molecule has 4 heteroatoms. The largest absolute Gasteiger partial charge is 0.455 e. The molecule has 2 nitrogen and oxygen atoms in total. The lowest BCUT2D eigenvalue weighted by Crippen LogP contribution is -2.26. The van der Waals surface area contributed by atoms with Gasteiger partial charge in [-0.3, -0.25) is 0 Å². The predicted octanol–water partition coefficient (Wildman–Crippen LogP) is 3.09. The Morgan fingerprint density at radius 2 is 1.87 bits per heavy atom. The van der Waals surface area contributed by atoms with E-state index in [1.807, 2.05) is 37.3 Å². The van der Waals surface area contributed by atoms with Crippen molar-refractivity contribution in [1.82, 2.24) is 0 Å². The van der Waals surface area contributed by atoms with Gasteiger partial charge in [0.25, 0.3) is 0 Å². The molecule has 2 unspecified atom stereocenters. The lowest BCUT2D eigenvalue weighted by atomic mass is 9.96. The summed E-state index contributed by atoms with van der Waals surface area (Å²) in [7, 11) is 0. The minimum Gasteiger partial charge on any atom is -0.455 e. The van der Waals surface area contributed by atoms with Gasteiger partial charge in [-0.1, -0.05) is 60.5 Å². The summed E-state index contributed by atoms with van der Waals surface area (Å²) >= 11 is 11.8. The summed E-state index contributed by atoms with van der Waals surface area (Å²) in [6.07, 6.45) is -0.353. The predicted molar refractivity (Wildman–Crippen MR) is 58.9 cm³/mol. The first-order valence-corrected chi connectivity index (χ1v) is 5.43. The highest BCUT2D eigenvalue weighted by Crippen LogP contribution is 2.47. The second-order valence-corrected chi connectivity index (χ2v) is 5.03. The average molecular weight is 245 g/mol. The third-order valence-electron chi connectivity index (χ3n) is 2.66. The van der Waals surface area contributed by atoms with Crippen LogP contribution >= 0.6 is 23.2 Å². The topological polar surface area (TPSA) is 26.3 Å². The molecule has 80 valence electrons. The summed E-state index contributed by atoms with van der Waals surface area (Å²) in [6, 6.07) is 9.46. The van der Waals surface area contributed by atoms with E-state index in [1.165, 1.54) is 0 Å². The Balaban J connectivity index is 2.32. The molecule has 1 aliphatic heterocycles. The van der Waals surface area contributed by atoms with Crippen molar-refractivity contribution in [1.29, 1.82) is 0 Å². The van der Waals surface area contributed by atoms with Gasteiger partial charge < -0.3 is 4.74 Å². The number of rotatable bonds is 1. The molecule has 0 bridgehead atoms. The van der Waals surface area contributed by atoms with Crippen LogP contribution in [0.5, 0.6) is 0 Å². The van der Waals surface area contributed by atoms with E-state index in [0.29, 0.717) is 0 Å². The van der Waals surface area contributed by atoms with E-state index >= 15 is 0 Å². The van der Waals surface area contributed by atoms with Gasteiger partial charge in [-0.2, -0.15) is 0 Å². The van der Waals surface area contributed by atoms with E-state index in [1.54, 1.807) is 0 Å². The average Bonchev–Trinajstić information content (AvgIpc) is 2.44. The maximum atomic E-state index is 11.4. The molecule has 0 saturated carbocycles. The van der Waals surface area contributed by atoms with Crippen LogP contribution < -0.4 is 0 Å². The van der Waals surface area contributed by atoms with Gasteiger partial charge in [-0.15, -0.1) is 0 Å². The van der Waals surface area contributed by atoms with Gasteiger partial charge in [0.2, 0.25) is 4.33 Å². The maximum Gasteiger partial charge on any atom is 0.343 e. The molecule has 2 rings (SSSR count). The fourth-order valence-corrected chi connectivity index (χ4v) is 1.99. The van der Waals surface area contributed by atoms with Crippen LogP contribution in [0.15, 0.2) is 30.3 Å². The first-order chi connectivity index (χ1) is 7.03. The molecule has 2 atom stereocenters. The number of alkyl halides is 2. The molecular formula is C11H10Cl2O2. The standard InChI is InChI=1S/C11H10Cl2O2/c1-7-9(8-5-3-2-4-6-8)15-10(14)11(7,12)13/h2-7,9H,1H3. The number of halogens is 2. The van der Waals surface area contributed by atoms with Gasteiger partial charge >= 0.3 is 5.97 Å². The summed E-state index contributed by atoms with van der Waals surface area (Å²) in [4.78, 5) is 11.4. The van der Waals surface area contributed by atoms with Gasteiger partial charge in [0.1, 0.15) is 6.10 Å². The third-order valence-corrected chi connectivity index (χ3v) is 3.66. The zero-order chi connectivity index (χ0) is 11.1. The first kappa shape index (κ1) is 10.8. The third kappa shape index (κ3) is 1.72. The minimum atomic E-state index is -1.43. The minimum absolute atomic E-state index is 0.254. The Labute approximate surface area is 98.1 Å². The Bertz CT molecular complexity index is 375. The van der Waals surface area contributed by atoms with Crippen molar-refractivity contribution in [2.24, 2.45) is 5.92 Å². The summed E-state index contributed by atoms with van der Waals surface area (Å²) in [5, 5.41) is 0. The molecule has 1 aromatic rings. The van der Waals surface area contributed by atoms with Gasteiger partial charge in [0, 0.05) is 5.92 Å². The molecule has 15 heavy (non-hydrogen) atoms. The Morgan fingerprint density at radius 3 is 2.33 bits per heavy atom. The SMILES string of the molecule is CC1C(c2ccccc2)OC(=O)C1(Cl)Cl. The van der Waals surface area contributed by atoms with E-state index in [-0.39, 0.29) is 12.0 Å². The van der Waals surface area contributed by atoms with E-state index in [9.17, 15) is 4.79 Å². The zero-order valence-electron chi connectivity index (χ0n) is 8.11. The number of carbonyl (C=O) groups is 1. The van der Waals surface area contributed by atoms with Crippen LogP contribution in [-0.2, 0) is 9.53 Å². The molecule has 0 aliphatic carbocycles. The number of hydrogen-bond acceptors (Lipinski definition) is 2. The lowest BCUT2D eigenvalue weighted by molar-refractivity contribution is -0.142. The summed E-state index contributed by atoms with van der Waals surface area (Å²) in [5.74, 6) is -0.817. The van der Waals surface area contributed by atoms with E-state index in [2.05, 4.69) is 0 Å². The lowest BCUT2D eigenvalue weighted by Gasteiger charge is -2.17. The molecule has 0 N–H and O–H groups in total. The van der Waals surface area contributed by atoms with Crippen molar-refractivity contribution in [2.45, 2.75) is 17.4 Å². The van der Waals surface area contributed by atoms with E-state index in [4.69, 9.17) is 27.9 Å². The number of cyclic esters (lactones) is 1. The van der Waals surface area contributed by atoms with Crippen molar-refractivity contribution in [3.05, 3.63) is 35.9 Å².